The normalized spacial score (nSPS) is 27.8. The second kappa shape index (κ2) is 3.51. The Balaban J connectivity index is 2.21. The Morgan fingerprint density at radius 1 is 1.23 bits per heavy atom. The average Bonchev–Trinajstić information content (AvgIpc) is 2.53. The summed E-state index contributed by atoms with van der Waals surface area (Å²) in [6, 6.07) is 8.51. The molecule has 0 radical (unpaired) electrons. The van der Waals surface area contributed by atoms with Crippen LogP contribution in [0.5, 0.6) is 0 Å². The predicted molar refractivity (Wildman–Crippen MR) is 53.8 cm³/mol. The van der Waals surface area contributed by atoms with Crippen molar-refractivity contribution in [2.24, 2.45) is 0 Å². The molecule has 1 aliphatic rings. The molecule has 2 unspecified atom stereocenters. The van der Waals surface area contributed by atoms with E-state index in [4.69, 9.17) is 0 Å². The van der Waals surface area contributed by atoms with E-state index in [-0.39, 0.29) is 6.10 Å². The monoisotopic (exact) mass is 176 g/mol. The summed E-state index contributed by atoms with van der Waals surface area (Å²) >= 11 is 0. The van der Waals surface area contributed by atoms with Crippen molar-refractivity contribution in [3.63, 3.8) is 0 Å². The Morgan fingerprint density at radius 3 is 2.62 bits per heavy atom. The van der Waals surface area contributed by atoms with Gasteiger partial charge in [0.1, 0.15) is 0 Å². The minimum Gasteiger partial charge on any atom is -0.393 e. The highest BCUT2D eigenvalue weighted by atomic mass is 16.3. The molecule has 0 bridgehead atoms. The van der Waals surface area contributed by atoms with Gasteiger partial charge in [-0.05, 0) is 43.2 Å². The number of aryl methyl sites for hydroxylation is 1. The Hall–Kier alpha value is -0.820. The Morgan fingerprint density at radius 2 is 2.00 bits per heavy atom. The van der Waals surface area contributed by atoms with E-state index >= 15 is 0 Å². The molecule has 1 nitrogen and oxygen atoms in total. The number of benzene rings is 1. The average molecular weight is 176 g/mol. The molecule has 1 N–H and O–H groups in total. The van der Waals surface area contributed by atoms with Gasteiger partial charge in [-0.1, -0.05) is 24.3 Å². The molecule has 0 heterocycles. The summed E-state index contributed by atoms with van der Waals surface area (Å²) < 4.78 is 0. The van der Waals surface area contributed by atoms with E-state index in [0.717, 1.165) is 19.3 Å². The first-order valence-electron chi connectivity index (χ1n) is 5.01. The standard InChI is InChI=1S/C12H16O/c1-9-4-2-3-5-12(9)10-6-7-11(13)8-10/h2-5,10-11,13H,6-8H2,1H3. The molecule has 0 saturated heterocycles. The smallest absolute Gasteiger partial charge is 0.0546 e. The first-order chi connectivity index (χ1) is 6.27. The lowest BCUT2D eigenvalue weighted by molar-refractivity contribution is 0.181. The summed E-state index contributed by atoms with van der Waals surface area (Å²) in [7, 11) is 0. The zero-order valence-electron chi connectivity index (χ0n) is 8.03. The topological polar surface area (TPSA) is 20.2 Å². The van der Waals surface area contributed by atoms with Gasteiger partial charge in [-0.2, -0.15) is 0 Å². The maximum atomic E-state index is 9.45. The molecular weight excluding hydrogens is 160 g/mol. The molecule has 1 fully saturated rings. The molecule has 1 aliphatic carbocycles. The summed E-state index contributed by atoms with van der Waals surface area (Å²) in [6.45, 7) is 2.15. The van der Waals surface area contributed by atoms with Gasteiger partial charge >= 0.3 is 0 Å². The summed E-state index contributed by atoms with van der Waals surface area (Å²) in [5.74, 6) is 0.594. The lowest BCUT2D eigenvalue weighted by Gasteiger charge is -2.12. The highest BCUT2D eigenvalue weighted by molar-refractivity contribution is 5.29. The third kappa shape index (κ3) is 1.75. The number of aliphatic hydroxyl groups is 1. The van der Waals surface area contributed by atoms with Gasteiger partial charge in [0.15, 0.2) is 0 Å². The Labute approximate surface area is 79.4 Å². The third-order valence-electron chi connectivity index (χ3n) is 3.03. The fourth-order valence-corrected chi connectivity index (χ4v) is 2.29. The Kier molecular flexibility index (Phi) is 2.36. The predicted octanol–water partition coefficient (Wildman–Crippen LogP) is 2.62. The minimum atomic E-state index is -0.0652. The minimum absolute atomic E-state index is 0.0652. The fourth-order valence-electron chi connectivity index (χ4n) is 2.29. The van der Waals surface area contributed by atoms with Crippen LogP contribution in [0.1, 0.15) is 36.3 Å². The highest BCUT2D eigenvalue weighted by Crippen LogP contribution is 2.35. The van der Waals surface area contributed by atoms with Gasteiger partial charge < -0.3 is 5.11 Å². The van der Waals surface area contributed by atoms with Gasteiger partial charge in [0.25, 0.3) is 0 Å². The molecule has 0 amide bonds. The first kappa shape index (κ1) is 8.76. The molecule has 1 saturated carbocycles. The Bertz CT molecular complexity index is 293. The summed E-state index contributed by atoms with van der Waals surface area (Å²) in [5.41, 5.74) is 2.79. The van der Waals surface area contributed by atoms with Crippen LogP contribution in [-0.4, -0.2) is 11.2 Å². The zero-order valence-corrected chi connectivity index (χ0v) is 8.03. The van der Waals surface area contributed by atoms with Crippen molar-refractivity contribution in [1.29, 1.82) is 0 Å². The van der Waals surface area contributed by atoms with Crippen molar-refractivity contribution in [3.8, 4) is 0 Å². The van der Waals surface area contributed by atoms with Crippen LogP contribution in [0.3, 0.4) is 0 Å². The van der Waals surface area contributed by atoms with Crippen LogP contribution in [-0.2, 0) is 0 Å². The molecule has 0 aliphatic heterocycles. The van der Waals surface area contributed by atoms with E-state index in [1.807, 2.05) is 0 Å². The van der Waals surface area contributed by atoms with Gasteiger partial charge in [0.05, 0.1) is 6.10 Å². The van der Waals surface area contributed by atoms with E-state index in [1.165, 1.54) is 11.1 Å². The highest BCUT2D eigenvalue weighted by Gasteiger charge is 2.24. The van der Waals surface area contributed by atoms with Crippen molar-refractivity contribution in [2.75, 3.05) is 0 Å². The van der Waals surface area contributed by atoms with Crippen LogP contribution in [0.15, 0.2) is 24.3 Å². The van der Waals surface area contributed by atoms with Crippen LogP contribution < -0.4 is 0 Å². The SMILES string of the molecule is Cc1ccccc1C1CCC(O)C1. The number of rotatable bonds is 1. The second-order valence-electron chi connectivity index (χ2n) is 4.02. The number of hydrogen-bond acceptors (Lipinski definition) is 1. The zero-order chi connectivity index (χ0) is 9.26. The van der Waals surface area contributed by atoms with Crippen molar-refractivity contribution in [2.45, 2.75) is 38.2 Å². The van der Waals surface area contributed by atoms with E-state index in [2.05, 4.69) is 31.2 Å². The van der Waals surface area contributed by atoms with Crippen molar-refractivity contribution < 1.29 is 5.11 Å². The molecular formula is C12H16O. The molecule has 2 rings (SSSR count). The second-order valence-corrected chi connectivity index (χ2v) is 4.02. The van der Waals surface area contributed by atoms with Crippen LogP contribution in [0.2, 0.25) is 0 Å². The van der Waals surface area contributed by atoms with E-state index in [0.29, 0.717) is 5.92 Å². The number of hydrogen-bond donors (Lipinski definition) is 1. The van der Waals surface area contributed by atoms with Crippen LogP contribution in [0, 0.1) is 6.92 Å². The van der Waals surface area contributed by atoms with Gasteiger partial charge in [0, 0.05) is 0 Å². The molecule has 1 aromatic carbocycles. The van der Waals surface area contributed by atoms with Crippen LogP contribution in [0.25, 0.3) is 0 Å². The van der Waals surface area contributed by atoms with E-state index in [1.54, 1.807) is 0 Å². The molecule has 0 spiro atoms. The largest absolute Gasteiger partial charge is 0.393 e. The molecule has 1 aromatic rings. The van der Waals surface area contributed by atoms with Gasteiger partial charge in [0.2, 0.25) is 0 Å². The molecule has 0 aromatic heterocycles. The molecule has 2 atom stereocenters. The van der Waals surface area contributed by atoms with E-state index in [9.17, 15) is 5.11 Å². The van der Waals surface area contributed by atoms with Crippen molar-refractivity contribution >= 4 is 0 Å². The third-order valence-corrected chi connectivity index (χ3v) is 3.03. The quantitative estimate of drug-likeness (QED) is 0.697. The lowest BCUT2D eigenvalue weighted by Crippen LogP contribution is -2.00. The maximum absolute atomic E-state index is 9.45. The number of aliphatic hydroxyl groups excluding tert-OH is 1. The first-order valence-corrected chi connectivity index (χ1v) is 5.01. The summed E-state index contributed by atoms with van der Waals surface area (Å²) in [5, 5.41) is 9.45. The fraction of sp³-hybridized carbons (Fsp3) is 0.500. The van der Waals surface area contributed by atoms with Crippen LogP contribution in [0.4, 0.5) is 0 Å². The van der Waals surface area contributed by atoms with E-state index < -0.39 is 0 Å². The lowest BCUT2D eigenvalue weighted by atomic mass is 9.94. The van der Waals surface area contributed by atoms with Gasteiger partial charge in [-0.3, -0.25) is 0 Å². The maximum Gasteiger partial charge on any atom is 0.0546 e. The molecule has 13 heavy (non-hydrogen) atoms. The summed E-state index contributed by atoms with van der Waals surface area (Å²) in [6.07, 6.45) is 3.00. The van der Waals surface area contributed by atoms with Crippen LogP contribution >= 0.6 is 0 Å². The molecule has 70 valence electrons. The van der Waals surface area contributed by atoms with Gasteiger partial charge in [-0.15, -0.1) is 0 Å². The molecule has 1 heteroatoms. The van der Waals surface area contributed by atoms with Gasteiger partial charge in [-0.25, -0.2) is 0 Å². The van der Waals surface area contributed by atoms with Crippen molar-refractivity contribution in [3.05, 3.63) is 35.4 Å². The summed E-state index contributed by atoms with van der Waals surface area (Å²) in [4.78, 5) is 0. The van der Waals surface area contributed by atoms with Crippen molar-refractivity contribution in [1.82, 2.24) is 0 Å².